The summed E-state index contributed by atoms with van der Waals surface area (Å²) in [5, 5.41) is 13.0. The van der Waals surface area contributed by atoms with E-state index in [9.17, 15) is 9.90 Å². The van der Waals surface area contributed by atoms with Crippen LogP contribution in [0.1, 0.15) is 38.9 Å². The topological polar surface area (TPSA) is 52.6 Å². The zero-order valence-corrected chi connectivity index (χ0v) is 12.8. The number of amides is 1. The predicted octanol–water partition coefficient (Wildman–Crippen LogP) is 1.95. The van der Waals surface area contributed by atoms with E-state index in [2.05, 4.69) is 19.2 Å². The molecule has 0 aromatic heterocycles. The molecule has 4 heteroatoms. The fourth-order valence-electron chi connectivity index (χ4n) is 1.93. The first kappa shape index (κ1) is 16.7. The van der Waals surface area contributed by atoms with Crippen LogP contribution in [0.25, 0.3) is 0 Å². The van der Waals surface area contributed by atoms with Crippen molar-refractivity contribution in [2.45, 2.75) is 45.4 Å². The van der Waals surface area contributed by atoms with E-state index in [1.54, 1.807) is 0 Å². The molecule has 20 heavy (non-hydrogen) atoms. The van der Waals surface area contributed by atoms with Gasteiger partial charge in [0, 0.05) is 12.1 Å². The molecule has 1 aromatic rings. The smallest absolute Gasteiger partial charge is 0.234 e. The van der Waals surface area contributed by atoms with Gasteiger partial charge in [-0.1, -0.05) is 30.3 Å². The molecule has 0 bridgehead atoms. The number of hydrogen-bond acceptors (Lipinski definition) is 3. The van der Waals surface area contributed by atoms with E-state index in [4.69, 9.17) is 0 Å². The zero-order valence-electron chi connectivity index (χ0n) is 12.8. The van der Waals surface area contributed by atoms with E-state index in [1.807, 2.05) is 49.2 Å². The van der Waals surface area contributed by atoms with Crippen LogP contribution in [0.4, 0.5) is 0 Å². The Kier molecular flexibility index (Phi) is 6.68. The summed E-state index contributed by atoms with van der Waals surface area (Å²) in [5.41, 5.74) is 0.882. The lowest BCUT2D eigenvalue weighted by atomic mass is 10.0. The van der Waals surface area contributed by atoms with Crippen molar-refractivity contribution in [2.24, 2.45) is 0 Å². The molecular formula is C16H26N2O2. The minimum atomic E-state index is -0.547. The van der Waals surface area contributed by atoms with Crippen LogP contribution < -0.4 is 5.32 Å². The Bertz CT molecular complexity index is 406. The first-order valence-electron chi connectivity index (χ1n) is 7.12. The molecule has 0 heterocycles. The van der Waals surface area contributed by atoms with E-state index in [0.717, 1.165) is 5.56 Å². The van der Waals surface area contributed by atoms with Gasteiger partial charge in [-0.05, 0) is 39.8 Å². The fourth-order valence-corrected chi connectivity index (χ4v) is 1.93. The van der Waals surface area contributed by atoms with E-state index in [0.29, 0.717) is 19.0 Å². The average Bonchev–Trinajstić information content (AvgIpc) is 2.39. The summed E-state index contributed by atoms with van der Waals surface area (Å²) in [5.74, 6) is -0.00559. The molecule has 4 nitrogen and oxygen atoms in total. The van der Waals surface area contributed by atoms with E-state index >= 15 is 0 Å². The van der Waals surface area contributed by atoms with Gasteiger partial charge in [-0.15, -0.1) is 0 Å². The SMILES string of the molecule is CC(CC(O)c1ccccc1)NC(=O)CN(C)C(C)C. The predicted molar refractivity (Wildman–Crippen MR) is 81.4 cm³/mol. The monoisotopic (exact) mass is 278 g/mol. The second-order valence-corrected chi connectivity index (χ2v) is 5.64. The molecule has 0 aliphatic heterocycles. The number of aliphatic hydroxyl groups excluding tert-OH is 1. The third kappa shape index (κ3) is 5.72. The van der Waals surface area contributed by atoms with Crippen molar-refractivity contribution < 1.29 is 9.90 Å². The Morgan fingerprint density at radius 1 is 1.25 bits per heavy atom. The number of hydrogen-bond donors (Lipinski definition) is 2. The number of nitrogens with one attached hydrogen (secondary N) is 1. The first-order valence-corrected chi connectivity index (χ1v) is 7.12. The molecule has 1 aromatic carbocycles. The van der Waals surface area contributed by atoms with E-state index in [-0.39, 0.29) is 11.9 Å². The number of aliphatic hydroxyl groups is 1. The van der Waals surface area contributed by atoms with Crippen LogP contribution >= 0.6 is 0 Å². The quantitative estimate of drug-likeness (QED) is 0.801. The number of benzene rings is 1. The highest BCUT2D eigenvalue weighted by atomic mass is 16.3. The largest absolute Gasteiger partial charge is 0.388 e. The lowest BCUT2D eigenvalue weighted by Gasteiger charge is -2.23. The Hall–Kier alpha value is -1.39. The standard InChI is InChI=1S/C16H26N2O2/c1-12(2)18(4)11-16(20)17-13(3)10-15(19)14-8-6-5-7-9-14/h5-9,12-13,15,19H,10-11H2,1-4H3,(H,17,20). The molecule has 2 unspecified atom stereocenters. The molecule has 0 radical (unpaired) electrons. The van der Waals surface area contributed by atoms with Gasteiger partial charge in [0.2, 0.25) is 5.91 Å². The van der Waals surface area contributed by atoms with Gasteiger partial charge in [-0.2, -0.15) is 0 Å². The second-order valence-electron chi connectivity index (χ2n) is 5.64. The highest BCUT2D eigenvalue weighted by Crippen LogP contribution is 2.17. The normalized spacial score (nSPS) is 14.3. The number of carbonyl (C=O) groups is 1. The maximum absolute atomic E-state index is 11.9. The van der Waals surface area contributed by atoms with Gasteiger partial charge in [0.05, 0.1) is 12.6 Å². The van der Waals surface area contributed by atoms with Gasteiger partial charge in [0.25, 0.3) is 0 Å². The molecule has 1 rings (SSSR count). The molecular weight excluding hydrogens is 252 g/mol. The van der Waals surface area contributed by atoms with Crippen LogP contribution in [0.3, 0.4) is 0 Å². The summed E-state index contributed by atoms with van der Waals surface area (Å²) in [6.45, 7) is 6.40. The number of rotatable bonds is 7. The second kappa shape index (κ2) is 8.02. The molecule has 2 atom stereocenters. The lowest BCUT2D eigenvalue weighted by Crippen LogP contribution is -2.42. The number of carbonyl (C=O) groups excluding carboxylic acids is 1. The molecule has 112 valence electrons. The average molecular weight is 278 g/mol. The van der Waals surface area contributed by atoms with Crippen molar-refractivity contribution in [3.8, 4) is 0 Å². The summed E-state index contributed by atoms with van der Waals surface area (Å²) in [7, 11) is 1.92. The van der Waals surface area contributed by atoms with Crippen LogP contribution in [0.5, 0.6) is 0 Å². The highest BCUT2D eigenvalue weighted by Gasteiger charge is 2.15. The number of likely N-dealkylation sites (N-methyl/N-ethyl adjacent to an activating group) is 1. The van der Waals surface area contributed by atoms with Crippen molar-refractivity contribution in [3.63, 3.8) is 0 Å². The van der Waals surface area contributed by atoms with Gasteiger partial charge in [0.1, 0.15) is 0 Å². The summed E-state index contributed by atoms with van der Waals surface area (Å²) < 4.78 is 0. The van der Waals surface area contributed by atoms with Crippen molar-refractivity contribution >= 4 is 5.91 Å². The minimum absolute atomic E-state index is 0.00559. The molecule has 0 fully saturated rings. The maximum atomic E-state index is 11.9. The van der Waals surface area contributed by atoms with Gasteiger partial charge < -0.3 is 10.4 Å². The van der Waals surface area contributed by atoms with E-state index in [1.165, 1.54) is 0 Å². The summed E-state index contributed by atoms with van der Waals surface area (Å²) in [4.78, 5) is 13.8. The van der Waals surface area contributed by atoms with Crippen LogP contribution in [-0.2, 0) is 4.79 Å². The number of nitrogens with zero attached hydrogens (tertiary/aromatic N) is 1. The zero-order chi connectivity index (χ0) is 15.1. The van der Waals surface area contributed by atoms with Crippen LogP contribution in [0.15, 0.2) is 30.3 Å². The fraction of sp³-hybridized carbons (Fsp3) is 0.562. The first-order chi connectivity index (χ1) is 9.40. The molecule has 0 saturated carbocycles. The third-order valence-electron chi connectivity index (χ3n) is 3.44. The van der Waals surface area contributed by atoms with Crippen molar-refractivity contribution in [1.29, 1.82) is 0 Å². The Balaban J connectivity index is 2.40. The summed E-state index contributed by atoms with van der Waals surface area (Å²) >= 11 is 0. The Morgan fingerprint density at radius 2 is 1.85 bits per heavy atom. The van der Waals surface area contributed by atoms with Gasteiger partial charge >= 0.3 is 0 Å². The molecule has 0 saturated heterocycles. The molecule has 0 aliphatic rings. The van der Waals surface area contributed by atoms with Crippen molar-refractivity contribution in [2.75, 3.05) is 13.6 Å². The summed E-state index contributed by atoms with van der Waals surface area (Å²) in [6, 6.07) is 9.80. The highest BCUT2D eigenvalue weighted by molar-refractivity contribution is 5.78. The van der Waals surface area contributed by atoms with Crippen LogP contribution in [0.2, 0.25) is 0 Å². The molecule has 0 spiro atoms. The molecule has 1 amide bonds. The van der Waals surface area contributed by atoms with Gasteiger partial charge in [-0.25, -0.2) is 0 Å². The molecule has 0 aliphatic carbocycles. The summed E-state index contributed by atoms with van der Waals surface area (Å²) in [6.07, 6.45) is -0.0319. The van der Waals surface area contributed by atoms with Gasteiger partial charge in [0.15, 0.2) is 0 Å². The maximum Gasteiger partial charge on any atom is 0.234 e. The van der Waals surface area contributed by atoms with Crippen molar-refractivity contribution in [1.82, 2.24) is 10.2 Å². The van der Waals surface area contributed by atoms with Crippen molar-refractivity contribution in [3.05, 3.63) is 35.9 Å². The molecule has 2 N–H and O–H groups in total. The minimum Gasteiger partial charge on any atom is -0.388 e. The van der Waals surface area contributed by atoms with Crippen LogP contribution in [-0.4, -0.2) is 41.6 Å². The van der Waals surface area contributed by atoms with Gasteiger partial charge in [-0.3, -0.25) is 9.69 Å². The van der Waals surface area contributed by atoms with E-state index < -0.39 is 6.10 Å². The Labute approximate surface area is 121 Å². The lowest BCUT2D eigenvalue weighted by molar-refractivity contribution is -0.123. The third-order valence-corrected chi connectivity index (χ3v) is 3.44. The van der Waals surface area contributed by atoms with Crippen LogP contribution in [0, 0.1) is 0 Å². The Morgan fingerprint density at radius 3 is 2.40 bits per heavy atom.